The highest BCUT2D eigenvalue weighted by atomic mass is 35.5. The molecule has 14 heteroatoms. The molecule has 2 aromatic heterocycles. The lowest BCUT2D eigenvalue weighted by molar-refractivity contribution is -0.119. The fraction of sp³-hybridized carbons (Fsp3) is 0.381. The molecule has 1 aliphatic heterocycles. The second kappa shape index (κ2) is 9.97. The van der Waals surface area contributed by atoms with Gasteiger partial charge in [0.25, 0.3) is 10.0 Å². The summed E-state index contributed by atoms with van der Waals surface area (Å²) in [6, 6.07) is 8.25. The molecule has 1 fully saturated rings. The fourth-order valence-electron chi connectivity index (χ4n) is 3.65. The first-order valence-electron chi connectivity index (χ1n) is 10.7. The Labute approximate surface area is 212 Å². The standard InChI is InChI=1S/C21H23ClN4O6S3/c1-13(2)34(28,29)15-7-5-14(6-8-15)12-18-24-25-21(32-18)23-20(27)16-4-3-11-26(16)35(30,31)19-10-9-17(22)33-19/h5-10,13,16H,3-4,11-12H2,1-2H3,(H,23,25,27). The highest BCUT2D eigenvalue weighted by molar-refractivity contribution is 7.92. The predicted octanol–water partition coefficient (Wildman–Crippen LogP) is 3.35. The maximum absolute atomic E-state index is 13.0. The van der Waals surface area contributed by atoms with E-state index in [0.29, 0.717) is 17.2 Å². The van der Waals surface area contributed by atoms with Gasteiger partial charge in [-0.15, -0.1) is 16.4 Å². The number of halogens is 1. The van der Waals surface area contributed by atoms with Crippen molar-refractivity contribution in [2.24, 2.45) is 0 Å². The summed E-state index contributed by atoms with van der Waals surface area (Å²) in [5.74, 6) is -0.351. The molecule has 3 aromatic rings. The third-order valence-electron chi connectivity index (χ3n) is 5.54. The summed E-state index contributed by atoms with van der Waals surface area (Å²) >= 11 is 6.82. The minimum Gasteiger partial charge on any atom is -0.407 e. The average Bonchev–Trinajstić information content (AvgIpc) is 3.55. The number of aromatic nitrogens is 2. The topological polar surface area (TPSA) is 140 Å². The van der Waals surface area contributed by atoms with Crippen molar-refractivity contribution in [3.8, 4) is 0 Å². The Kier molecular flexibility index (Phi) is 7.34. The van der Waals surface area contributed by atoms with E-state index in [1.165, 1.54) is 24.3 Å². The van der Waals surface area contributed by atoms with Crippen LogP contribution >= 0.6 is 22.9 Å². The van der Waals surface area contributed by atoms with Gasteiger partial charge in [0.15, 0.2) is 9.84 Å². The maximum Gasteiger partial charge on any atom is 0.322 e. The van der Waals surface area contributed by atoms with Gasteiger partial charge in [0.2, 0.25) is 11.8 Å². The quantitative estimate of drug-likeness (QED) is 0.444. The molecule has 3 heterocycles. The lowest BCUT2D eigenvalue weighted by Gasteiger charge is -2.21. The number of amides is 1. The van der Waals surface area contributed by atoms with Crippen LogP contribution in [0.5, 0.6) is 0 Å². The van der Waals surface area contributed by atoms with E-state index in [2.05, 4.69) is 15.5 Å². The van der Waals surface area contributed by atoms with Crippen LogP contribution < -0.4 is 5.32 Å². The number of nitrogens with one attached hydrogen (secondary N) is 1. The summed E-state index contributed by atoms with van der Waals surface area (Å²) in [7, 11) is -7.23. The molecule has 0 aliphatic carbocycles. The van der Waals surface area contributed by atoms with Gasteiger partial charge in [0.1, 0.15) is 10.3 Å². The highest BCUT2D eigenvalue weighted by Gasteiger charge is 2.40. The highest BCUT2D eigenvalue weighted by Crippen LogP contribution is 2.32. The zero-order chi connectivity index (χ0) is 25.4. The molecule has 0 bridgehead atoms. The number of rotatable bonds is 8. The number of carbonyl (C=O) groups excluding carboxylic acids is 1. The number of nitrogens with zero attached hydrogens (tertiary/aromatic N) is 3. The van der Waals surface area contributed by atoms with Gasteiger partial charge in [-0.05, 0) is 56.5 Å². The van der Waals surface area contributed by atoms with E-state index in [0.717, 1.165) is 21.2 Å². The van der Waals surface area contributed by atoms with Crippen LogP contribution in [0.2, 0.25) is 4.34 Å². The van der Waals surface area contributed by atoms with Crippen LogP contribution in [-0.2, 0) is 31.1 Å². The molecule has 1 aromatic carbocycles. The minimum atomic E-state index is -3.86. The van der Waals surface area contributed by atoms with E-state index in [9.17, 15) is 21.6 Å². The Bertz CT molecular complexity index is 1430. The Morgan fingerprint density at radius 1 is 1.17 bits per heavy atom. The smallest absolute Gasteiger partial charge is 0.322 e. The average molecular weight is 559 g/mol. The molecular formula is C21H23ClN4O6S3. The summed E-state index contributed by atoms with van der Waals surface area (Å²) in [5.41, 5.74) is 0.747. The maximum atomic E-state index is 13.0. The van der Waals surface area contributed by atoms with Crippen LogP contribution in [0.3, 0.4) is 0 Å². The number of sulfone groups is 1. The Balaban J connectivity index is 1.42. The van der Waals surface area contributed by atoms with Crippen molar-refractivity contribution in [3.05, 3.63) is 52.2 Å². The molecule has 1 atom stereocenters. The summed E-state index contributed by atoms with van der Waals surface area (Å²) in [5, 5.41) is 9.72. The third kappa shape index (κ3) is 5.43. The van der Waals surface area contributed by atoms with Gasteiger partial charge in [-0.25, -0.2) is 16.8 Å². The number of carbonyl (C=O) groups is 1. The van der Waals surface area contributed by atoms with E-state index < -0.39 is 37.1 Å². The van der Waals surface area contributed by atoms with Crippen molar-refractivity contribution in [2.75, 3.05) is 11.9 Å². The number of hydrogen-bond acceptors (Lipinski definition) is 9. The van der Waals surface area contributed by atoms with E-state index in [1.54, 1.807) is 26.0 Å². The molecule has 1 N–H and O–H groups in total. The van der Waals surface area contributed by atoms with Crippen molar-refractivity contribution in [1.82, 2.24) is 14.5 Å². The molecule has 10 nitrogen and oxygen atoms in total. The van der Waals surface area contributed by atoms with Crippen molar-refractivity contribution in [3.63, 3.8) is 0 Å². The summed E-state index contributed by atoms with van der Waals surface area (Å²) < 4.78 is 57.5. The van der Waals surface area contributed by atoms with Gasteiger partial charge in [-0.1, -0.05) is 28.8 Å². The minimum absolute atomic E-state index is 0.0782. The number of sulfonamides is 1. The summed E-state index contributed by atoms with van der Waals surface area (Å²) in [6.45, 7) is 3.46. The molecule has 188 valence electrons. The van der Waals surface area contributed by atoms with Crippen molar-refractivity contribution in [1.29, 1.82) is 0 Å². The van der Waals surface area contributed by atoms with Gasteiger partial charge in [-0.2, -0.15) is 4.31 Å². The van der Waals surface area contributed by atoms with Gasteiger partial charge < -0.3 is 4.42 Å². The summed E-state index contributed by atoms with van der Waals surface area (Å²) in [6.07, 6.45) is 1.12. The molecule has 1 saturated heterocycles. The molecule has 0 spiro atoms. The van der Waals surface area contributed by atoms with Crippen molar-refractivity contribution in [2.45, 2.75) is 53.5 Å². The van der Waals surface area contributed by atoms with Crippen LogP contribution in [0.15, 0.2) is 49.9 Å². The predicted molar refractivity (Wildman–Crippen MR) is 131 cm³/mol. The van der Waals surface area contributed by atoms with Crippen LogP contribution in [0.1, 0.15) is 38.1 Å². The molecule has 0 radical (unpaired) electrons. The monoisotopic (exact) mass is 558 g/mol. The van der Waals surface area contributed by atoms with Crippen molar-refractivity contribution < 1.29 is 26.0 Å². The zero-order valence-corrected chi connectivity index (χ0v) is 22.0. The Hall–Kier alpha value is -2.32. The van der Waals surface area contributed by atoms with Crippen molar-refractivity contribution >= 4 is 54.7 Å². The SMILES string of the molecule is CC(C)S(=O)(=O)c1ccc(Cc2nnc(NC(=O)C3CCCN3S(=O)(=O)c3ccc(Cl)s3)o2)cc1. The normalized spacial score (nSPS) is 17.2. The molecule has 1 amide bonds. The number of benzene rings is 1. The van der Waals surface area contributed by atoms with Crippen LogP contribution in [0.25, 0.3) is 0 Å². The number of hydrogen-bond donors (Lipinski definition) is 1. The second-order valence-corrected chi connectivity index (χ2v) is 14.6. The van der Waals surface area contributed by atoms with E-state index in [-0.39, 0.29) is 34.0 Å². The fourth-order valence-corrected chi connectivity index (χ4v) is 7.98. The lowest BCUT2D eigenvalue weighted by atomic mass is 10.1. The molecule has 4 rings (SSSR count). The molecule has 0 saturated carbocycles. The van der Waals surface area contributed by atoms with E-state index >= 15 is 0 Å². The number of anilines is 1. The first kappa shape index (κ1) is 25.8. The zero-order valence-electron chi connectivity index (χ0n) is 18.8. The molecule has 35 heavy (non-hydrogen) atoms. The van der Waals surface area contributed by atoms with Crippen LogP contribution in [0, 0.1) is 0 Å². The third-order valence-corrected chi connectivity index (χ3v) is 11.3. The van der Waals surface area contributed by atoms with Crippen LogP contribution in [-0.4, -0.2) is 55.1 Å². The van der Waals surface area contributed by atoms with Gasteiger partial charge in [0, 0.05) is 6.54 Å². The van der Waals surface area contributed by atoms with Gasteiger partial charge in [0.05, 0.1) is 20.9 Å². The molecule has 1 unspecified atom stereocenters. The van der Waals surface area contributed by atoms with Gasteiger partial charge >= 0.3 is 6.01 Å². The lowest BCUT2D eigenvalue weighted by Crippen LogP contribution is -2.42. The molecular weight excluding hydrogens is 536 g/mol. The second-order valence-electron chi connectivity index (χ2n) is 8.24. The largest absolute Gasteiger partial charge is 0.407 e. The first-order chi connectivity index (χ1) is 16.5. The summed E-state index contributed by atoms with van der Waals surface area (Å²) in [4.78, 5) is 13.1. The Morgan fingerprint density at radius 3 is 2.51 bits per heavy atom. The van der Waals surface area contributed by atoms with E-state index in [1.807, 2.05) is 0 Å². The van der Waals surface area contributed by atoms with Gasteiger partial charge in [-0.3, -0.25) is 10.1 Å². The van der Waals surface area contributed by atoms with Crippen LogP contribution in [0.4, 0.5) is 6.01 Å². The molecule has 1 aliphatic rings. The Morgan fingerprint density at radius 2 is 1.89 bits per heavy atom. The first-order valence-corrected chi connectivity index (χ1v) is 14.9. The number of thiophene rings is 1. The van der Waals surface area contributed by atoms with E-state index in [4.69, 9.17) is 16.0 Å².